The van der Waals surface area contributed by atoms with Gasteiger partial charge < -0.3 is 15.8 Å². The van der Waals surface area contributed by atoms with Crippen LogP contribution in [0.4, 0.5) is 28.9 Å². The minimum absolute atomic E-state index is 0.00505. The third-order valence-corrected chi connectivity index (χ3v) is 2.75. The number of nitrogens with one attached hydrogen (secondary N) is 1. The zero-order valence-corrected chi connectivity index (χ0v) is 10.7. The Labute approximate surface area is 118 Å². The molecular formula is C14H12F4N2O. The number of anilines is 2. The molecule has 0 radical (unpaired) electrons. The van der Waals surface area contributed by atoms with Crippen LogP contribution in [0.5, 0.6) is 5.75 Å². The summed E-state index contributed by atoms with van der Waals surface area (Å²) in [4.78, 5) is 0. The second-order valence-electron chi connectivity index (χ2n) is 4.19. The first-order valence-electron chi connectivity index (χ1n) is 5.98. The molecule has 0 saturated carbocycles. The van der Waals surface area contributed by atoms with Gasteiger partial charge in [0.25, 0.3) is 0 Å². The molecule has 2 rings (SSSR count). The van der Waals surface area contributed by atoms with Crippen molar-refractivity contribution in [3.05, 3.63) is 53.6 Å². The number of nitrogen functional groups attached to an aromatic ring is 1. The van der Waals surface area contributed by atoms with Gasteiger partial charge in [0.15, 0.2) is 11.6 Å². The van der Waals surface area contributed by atoms with E-state index in [1.54, 1.807) is 18.2 Å². The molecule has 7 heteroatoms. The molecule has 3 nitrogen and oxygen atoms in total. The van der Waals surface area contributed by atoms with Crippen LogP contribution in [0.3, 0.4) is 0 Å². The van der Waals surface area contributed by atoms with Gasteiger partial charge in [-0.15, -0.1) is 0 Å². The Balaban J connectivity index is 2.18. The molecule has 0 unspecified atom stereocenters. The molecule has 0 fully saturated rings. The predicted octanol–water partition coefficient (Wildman–Crippen LogP) is 3.76. The molecule has 0 saturated heterocycles. The van der Waals surface area contributed by atoms with Gasteiger partial charge in [0, 0.05) is 24.2 Å². The van der Waals surface area contributed by atoms with Gasteiger partial charge in [-0.3, -0.25) is 0 Å². The lowest BCUT2D eigenvalue weighted by atomic mass is 10.2. The highest BCUT2D eigenvalue weighted by molar-refractivity contribution is 5.68. The molecule has 0 bridgehead atoms. The highest BCUT2D eigenvalue weighted by Gasteiger charge is 2.13. The maximum absolute atomic E-state index is 13.5. The van der Waals surface area contributed by atoms with Gasteiger partial charge in [0.2, 0.25) is 0 Å². The molecule has 2 aromatic carbocycles. The van der Waals surface area contributed by atoms with E-state index < -0.39 is 24.0 Å². The van der Waals surface area contributed by atoms with Crippen LogP contribution < -0.4 is 15.8 Å². The maximum atomic E-state index is 13.5. The van der Waals surface area contributed by atoms with Crippen molar-refractivity contribution in [1.29, 1.82) is 0 Å². The minimum Gasteiger partial charge on any atom is -0.432 e. The SMILES string of the molecule is Nc1cc(F)c(OC(F)F)cc1NCc1ccccc1F. The molecule has 3 N–H and O–H groups in total. The standard InChI is InChI=1S/C14H12F4N2O/c15-9-4-2-1-3-8(9)7-20-12-6-13(21-14(17)18)10(16)5-11(12)19/h1-6,14,20H,7,19H2. The Kier molecular flexibility index (Phi) is 4.52. The fourth-order valence-corrected chi connectivity index (χ4v) is 1.74. The summed E-state index contributed by atoms with van der Waals surface area (Å²) in [6.07, 6.45) is 0. The van der Waals surface area contributed by atoms with E-state index in [4.69, 9.17) is 5.73 Å². The van der Waals surface area contributed by atoms with Crippen molar-refractivity contribution in [2.24, 2.45) is 0 Å². The average molecular weight is 300 g/mol. The molecule has 0 atom stereocenters. The van der Waals surface area contributed by atoms with Crippen molar-refractivity contribution >= 4 is 11.4 Å². The first kappa shape index (κ1) is 15.0. The van der Waals surface area contributed by atoms with Crippen molar-refractivity contribution in [3.63, 3.8) is 0 Å². The third-order valence-electron chi connectivity index (χ3n) is 2.75. The number of alkyl halides is 2. The summed E-state index contributed by atoms with van der Waals surface area (Å²) in [6, 6.07) is 7.91. The molecule has 21 heavy (non-hydrogen) atoms. The monoisotopic (exact) mass is 300 g/mol. The van der Waals surface area contributed by atoms with Gasteiger partial charge in [-0.2, -0.15) is 8.78 Å². The largest absolute Gasteiger partial charge is 0.432 e. The van der Waals surface area contributed by atoms with Crippen molar-refractivity contribution in [1.82, 2.24) is 0 Å². The van der Waals surface area contributed by atoms with Gasteiger partial charge in [0.05, 0.1) is 11.4 Å². The van der Waals surface area contributed by atoms with Crippen molar-refractivity contribution in [3.8, 4) is 5.75 Å². The van der Waals surface area contributed by atoms with E-state index in [1.165, 1.54) is 6.07 Å². The number of hydrogen-bond donors (Lipinski definition) is 2. The minimum atomic E-state index is -3.15. The van der Waals surface area contributed by atoms with E-state index in [2.05, 4.69) is 10.1 Å². The normalized spacial score (nSPS) is 10.7. The van der Waals surface area contributed by atoms with Crippen LogP contribution in [-0.4, -0.2) is 6.61 Å². The highest BCUT2D eigenvalue weighted by Crippen LogP contribution is 2.29. The summed E-state index contributed by atoms with van der Waals surface area (Å²) < 4.78 is 55.2. The van der Waals surface area contributed by atoms with Crippen LogP contribution in [0.1, 0.15) is 5.56 Å². The second kappa shape index (κ2) is 6.34. The molecule has 0 spiro atoms. The number of rotatable bonds is 5. The van der Waals surface area contributed by atoms with Crippen molar-refractivity contribution < 1.29 is 22.3 Å². The zero-order valence-electron chi connectivity index (χ0n) is 10.7. The van der Waals surface area contributed by atoms with Crippen molar-refractivity contribution in [2.75, 3.05) is 11.1 Å². The second-order valence-corrected chi connectivity index (χ2v) is 4.19. The fraction of sp³-hybridized carbons (Fsp3) is 0.143. The lowest BCUT2D eigenvalue weighted by molar-refractivity contribution is -0.0521. The highest BCUT2D eigenvalue weighted by atomic mass is 19.3. The van der Waals surface area contributed by atoms with Gasteiger partial charge in [-0.25, -0.2) is 8.78 Å². The predicted molar refractivity (Wildman–Crippen MR) is 71.2 cm³/mol. The summed E-state index contributed by atoms with van der Waals surface area (Å²) in [6.45, 7) is -3.08. The zero-order chi connectivity index (χ0) is 15.4. The topological polar surface area (TPSA) is 47.3 Å². The Hall–Kier alpha value is -2.44. The average Bonchev–Trinajstić information content (AvgIpc) is 2.41. The van der Waals surface area contributed by atoms with E-state index in [0.29, 0.717) is 5.56 Å². The van der Waals surface area contributed by atoms with Crippen molar-refractivity contribution in [2.45, 2.75) is 13.2 Å². The summed E-state index contributed by atoms with van der Waals surface area (Å²) in [5, 5.41) is 2.75. The van der Waals surface area contributed by atoms with Crippen LogP contribution in [0, 0.1) is 11.6 Å². The van der Waals surface area contributed by atoms with Crippen LogP contribution >= 0.6 is 0 Å². The van der Waals surface area contributed by atoms with E-state index in [9.17, 15) is 17.6 Å². The lowest BCUT2D eigenvalue weighted by Crippen LogP contribution is -2.08. The van der Waals surface area contributed by atoms with Gasteiger partial charge in [-0.05, 0) is 6.07 Å². The molecule has 0 aliphatic carbocycles. The van der Waals surface area contributed by atoms with E-state index in [-0.39, 0.29) is 17.9 Å². The van der Waals surface area contributed by atoms with E-state index in [0.717, 1.165) is 12.1 Å². The molecule has 112 valence electrons. The van der Waals surface area contributed by atoms with Crippen LogP contribution in [0.2, 0.25) is 0 Å². The summed E-state index contributed by atoms with van der Waals surface area (Å²) in [5.74, 6) is -2.05. The third kappa shape index (κ3) is 3.77. The van der Waals surface area contributed by atoms with Gasteiger partial charge >= 0.3 is 6.61 Å². The Bertz CT molecular complexity index is 634. The van der Waals surface area contributed by atoms with Crippen LogP contribution in [0.15, 0.2) is 36.4 Å². The summed E-state index contributed by atoms with van der Waals surface area (Å²) >= 11 is 0. The first-order chi connectivity index (χ1) is 9.97. The molecular weight excluding hydrogens is 288 g/mol. The maximum Gasteiger partial charge on any atom is 0.387 e. The molecule has 0 heterocycles. The smallest absolute Gasteiger partial charge is 0.387 e. The Morgan fingerprint density at radius 2 is 1.81 bits per heavy atom. The number of nitrogens with two attached hydrogens (primary N) is 1. The Morgan fingerprint density at radius 1 is 1.10 bits per heavy atom. The summed E-state index contributed by atoms with van der Waals surface area (Å²) in [7, 11) is 0. The first-order valence-corrected chi connectivity index (χ1v) is 5.98. The lowest BCUT2D eigenvalue weighted by Gasteiger charge is -2.13. The molecule has 0 amide bonds. The number of benzene rings is 2. The van der Waals surface area contributed by atoms with Crippen LogP contribution in [0.25, 0.3) is 0 Å². The quantitative estimate of drug-likeness (QED) is 0.653. The fourth-order valence-electron chi connectivity index (χ4n) is 1.74. The molecule has 0 aromatic heterocycles. The van der Waals surface area contributed by atoms with E-state index >= 15 is 0 Å². The molecule has 0 aliphatic rings. The van der Waals surface area contributed by atoms with Gasteiger partial charge in [-0.1, -0.05) is 18.2 Å². The molecule has 2 aromatic rings. The number of hydrogen-bond acceptors (Lipinski definition) is 3. The van der Waals surface area contributed by atoms with Crippen LogP contribution in [-0.2, 0) is 6.54 Å². The summed E-state index contributed by atoms with van der Waals surface area (Å²) in [5.41, 5.74) is 6.12. The van der Waals surface area contributed by atoms with Gasteiger partial charge in [0.1, 0.15) is 5.82 Å². The molecule has 0 aliphatic heterocycles. The number of halogens is 4. The Morgan fingerprint density at radius 3 is 2.48 bits per heavy atom. The van der Waals surface area contributed by atoms with E-state index in [1.807, 2.05) is 0 Å². The number of ether oxygens (including phenoxy) is 1.